The molecule has 0 aromatic heterocycles. The quantitative estimate of drug-likeness (QED) is 0.587. The average molecular weight is 354 g/mol. The van der Waals surface area contributed by atoms with Crippen LogP contribution in [-0.4, -0.2) is 26.2 Å². The Morgan fingerprint density at radius 3 is 1.44 bits per heavy atom. The van der Waals surface area contributed by atoms with E-state index < -0.39 is 0 Å². The van der Waals surface area contributed by atoms with Gasteiger partial charge in [0.25, 0.3) is 0 Å². The fourth-order valence-electron chi connectivity index (χ4n) is 3.90. The Kier molecular flexibility index (Phi) is 15.2. The Morgan fingerprint density at radius 1 is 0.640 bits per heavy atom. The van der Waals surface area contributed by atoms with E-state index in [4.69, 9.17) is 4.74 Å². The summed E-state index contributed by atoms with van der Waals surface area (Å²) in [6.45, 7) is 2.30. The molecule has 1 fully saturated rings. The number of methoxy groups -OCH3 is 1. The van der Waals surface area contributed by atoms with Crippen molar-refractivity contribution in [1.82, 2.24) is 5.32 Å². The van der Waals surface area contributed by atoms with E-state index in [-0.39, 0.29) is 11.9 Å². The molecule has 0 amide bonds. The van der Waals surface area contributed by atoms with E-state index in [2.05, 4.69) is 5.32 Å². The van der Waals surface area contributed by atoms with Gasteiger partial charge in [0.2, 0.25) is 0 Å². The van der Waals surface area contributed by atoms with E-state index in [1.165, 1.54) is 104 Å². The van der Waals surface area contributed by atoms with Gasteiger partial charge in [-0.1, -0.05) is 83.5 Å². The van der Waals surface area contributed by atoms with Crippen LogP contribution in [0.25, 0.3) is 0 Å². The van der Waals surface area contributed by atoms with Gasteiger partial charge < -0.3 is 10.1 Å². The Morgan fingerprint density at radius 2 is 1.00 bits per heavy atom. The highest BCUT2D eigenvalue weighted by Gasteiger charge is 2.18. The highest BCUT2D eigenvalue weighted by atomic mass is 16.5. The van der Waals surface area contributed by atoms with Crippen molar-refractivity contribution in [3.05, 3.63) is 0 Å². The maximum atomic E-state index is 12.0. The van der Waals surface area contributed by atoms with Crippen LogP contribution in [0.15, 0.2) is 0 Å². The average Bonchev–Trinajstić information content (AvgIpc) is 2.63. The van der Waals surface area contributed by atoms with Crippen molar-refractivity contribution in [2.45, 2.75) is 109 Å². The molecule has 0 radical (unpaired) electrons. The van der Waals surface area contributed by atoms with Crippen LogP contribution in [-0.2, 0) is 9.53 Å². The normalized spacial score (nSPS) is 24.8. The van der Waals surface area contributed by atoms with Gasteiger partial charge in [0.05, 0.1) is 13.0 Å². The van der Waals surface area contributed by atoms with Crippen LogP contribution >= 0.6 is 0 Å². The molecule has 0 spiro atoms. The number of hydrogen-bond donors (Lipinski definition) is 1. The van der Waals surface area contributed by atoms with Crippen LogP contribution in [0.4, 0.5) is 0 Å². The van der Waals surface area contributed by atoms with Crippen molar-refractivity contribution in [1.29, 1.82) is 0 Å². The third kappa shape index (κ3) is 13.3. The van der Waals surface area contributed by atoms with Crippen LogP contribution in [0.1, 0.15) is 109 Å². The Balaban J connectivity index is 2.26. The summed E-state index contributed by atoms with van der Waals surface area (Å²) in [5.74, 6) is 0.142. The SMILES string of the molecule is COC(=O)C1CCCCCCCCCCCCCCNCCCCC1. The zero-order chi connectivity index (χ0) is 18.0. The van der Waals surface area contributed by atoms with Crippen LogP contribution in [0.5, 0.6) is 0 Å². The lowest BCUT2D eigenvalue weighted by Gasteiger charge is -2.14. The lowest BCUT2D eigenvalue weighted by Crippen LogP contribution is -2.18. The van der Waals surface area contributed by atoms with Gasteiger partial charge in [0.15, 0.2) is 0 Å². The highest BCUT2D eigenvalue weighted by molar-refractivity contribution is 5.72. The Bertz CT molecular complexity index is 284. The van der Waals surface area contributed by atoms with Crippen molar-refractivity contribution < 1.29 is 9.53 Å². The summed E-state index contributed by atoms with van der Waals surface area (Å²) in [5.41, 5.74) is 0. The van der Waals surface area contributed by atoms with Crippen LogP contribution < -0.4 is 5.32 Å². The fourth-order valence-corrected chi connectivity index (χ4v) is 3.90. The number of ether oxygens (including phenoxy) is 1. The van der Waals surface area contributed by atoms with Gasteiger partial charge in [-0.25, -0.2) is 0 Å². The third-order valence-corrected chi connectivity index (χ3v) is 5.60. The molecule has 0 aromatic carbocycles. The van der Waals surface area contributed by atoms with Gasteiger partial charge >= 0.3 is 5.97 Å². The zero-order valence-corrected chi connectivity index (χ0v) is 16.8. The minimum Gasteiger partial charge on any atom is -0.469 e. The molecular formula is C22H43NO2. The van der Waals surface area contributed by atoms with E-state index in [1.807, 2.05) is 0 Å². The maximum Gasteiger partial charge on any atom is 0.308 e. The molecule has 1 atom stereocenters. The molecule has 1 saturated heterocycles. The lowest BCUT2D eigenvalue weighted by atomic mass is 9.94. The van der Waals surface area contributed by atoms with E-state index in [0.717, 1.165) is 25.8 Å². The second-order valence-electron chi connectivity index (χ2n) is 7.85. The number of rotatable bonds is 1. The molecule has 1 N–H and O–H groups in total. The second-order valence-corrected chi connectivity index (χ2v) is 7.85. The molecule has 0 saturated carbocycles. The zero-order valence-electron chi connectivity index (χ0n) is 16.8. The predicted molar refractivity (Wildman–Crippen MR) is 107 cm³/mol. The van der Waals surface area contributed by atoms with Crippen molar-refractivity contribution in [3.8, 4) is 0 Å². The van der Waals surface area contributed by atoms with E-state index in [9.17, 15) is 4.79 Å². The first-order valence-electron chi connectivity index (χ1n) is 11.1. The molecule has 1 heterocycles. The molecule has 3 nitrogen and oxygen atoms in total. The van der Waals surface area contributed by atoms with Crippen LogP contribution in [0, 0.1) is 5.92 Å². The molecule has 1 unspecified atom stereocenters. The van der Waals surface area contributed by atoms with Crippen molar-refractivity contribution in [2.75, 3.05) is 20.2 Å². The summed E-state index contributed by atoms with van der Waals surface area (Å²) in [6, 6.07) is 0. The summed E-state index contributed by atoms with van der Waals surface area (Å²) in [4.78, 5) is 12.0. The maximum absolute atomic E-state index is 12.0. The predicted octanol–water partition coefficient (Wildman–Crippen LogP) is 6.01. The second kappa shape index (κ2) is 16.9. The molecule has 0 bridgehead atoms. The smallest absolute Gasteiger partial charge is 0.308 e. The van der Waals surface area contributed by atoms with Gasteiger partial charge in [0.1, 0.15) is 0 Å². The van der Waals surface area contributed by atoms with Gasteiger partial charge in [-0.2, -0.15) is 0 Å². The van der Waals surface area contributed by atoms with Gasteiger partial charge in [-0.3, -0.25) is 4.79 Å². The molecule has 1 aliphatic heterocycles. The number of hydrogen-bond acceptors (Lipinski definition) is 3. The summed E-state index contributed by atoms with van der Waals surface area (Å²) in [6.07, 6.45) is 22.0. The standard InChI is InChI=1S/C22H43NO2/c1-25-22(24)21-17-13-10-8-6-4-2-3-5-7-9-11-15-19-23-20-16-12-14-18-21/h21,23H,2-20H2,1H3. The van der Waals surface area contributed by atoms with Crippen molar-refractivity contribution in [2.24, 2.45) is 5.92 Å². The number of nitrogens with one attached hydrogen (secondary N) is 1. The number of carbonyl (C=O) groups excluding carboxylic acids is 1. The first-order valence-corrected chi connectivity index (χ1v) is 11.1. The molecule has 3 heteroatoms. The molecule has 25 heavy (non-hydrogen) atoms. The van der Waals surface area contributed by atoms with Crippen molar-refractivity contribution in [3.63, 3.8) is 0 Å². The Hall–Kier alpha value is -0.570. The van der Waals surface area contributed by atoms with Crippen LogP contribution in [0.3, 0.4) is 0 Å². The highest BCUT2D eigenvalue weighted by Crippen LogP contribution is 2.20. The molecule has 1 rings (SSSR count). The summed E-state index contributed by atoms with van der Waals surface area (Å²) in [7, 11) is 1.53. The van der Waals surface area contributed by atoms with Crippen molar-refractivity contribution >= 4 is 5.97 Å². The fraction of sp³-hybridized carbons (Fsp3) is 0.955. The Labute approximate surface area is 156 Å². The minimum atomic E-state index is 0.0107. The van der Waals surface area contributed by atoms with E-state index >= 15 is 0 Å². The molecule has 1 aliphatic rings. The largest absolute Gasteiger partial charge is 0.469 e. The molecule has 0 aliphatic carbocycles. The van der Waals surface area contributed by atoms with Gasteiger partial charge in [0, 0.05) is 0 Å². The van der Waals surface area contributed by atoms with E-state index in [1.54, 1.807) is 0 Å². The first kappa shape index (κ1) is 22.5. The molecule has 0 aromatic rings. The third-order valence-electron chi connectivity index (χ3n) is 5.60. The summed E-state index contributed by atoms with van der Waals surface area (Å²) < 4.78 is 5.01. The summed E-state index contributed by atoms with van der Waals surface area (Å²) >= 11 is 0. The molecular weight excluding hydrogens is 310 g/mol. The molecule has 148 valence electrons. The van der Waals surface area contributed by atoms with E-state index in [0.29, 0.717) is 0 Å². The topological polar surface area (TPSA) is 38.3 Å². The van der Waals surface area contributed by atoms with Crippen LogP contribution in [0.2, 0.25) is 0 Å². The number of esters is 1. The van der Waals surface area contributed by atoms with Gasteiger partial charge in [-0.15, -0.1) is 0 Å². The lowest BCUT2D eigenvalue weighted by molar-refractivity contribution is -0.146. The minimum absolute atomic E-state index is 0.0107. The first-order chi connectivity index (χ1) is 12.3. The number of carbonyl (C=O) groups is 1. The monoisotopic (exact) mass is 353 g/mol. The van der Waals surface area contributed by atoms with Gasteiger partial charge in [-0.05, 0) is 38.8 Å². The summed E-state index contributed by atoms with van der Waals surface area (Å²) in [5, 5.41) is 3.57.